The number of nitrogens with one attached hydrogen (secondary N) is 1. The largest absolute Gasteiger partial charge is 0.351 e. The van der Waals surface area contributed by atoms with E-state index in [-0.39, 0.29) is 5.91 Å². The smallest absolute Gasteiger partial charge is 0.261 e. The zero-order valence-electron chi connectivity index (χ0n) is 9.94. The first kappa shape index (κ1) is 13.2. The van der Waals surface area contributed by atoms with E-state index in [0.717, 1.165) is 26.3 Å². The third-order valence-corrected chi connectivity index (χ3v) is 4.61. The fraction of sp³-hybridized carbons (Fsp3) is 0.231. The van der Waals surface area contributed by atoms with Crippen LogP contribution >= 0.6 is 27.3 Å². The minimum atomic E-state index is -0.0234. The Hall–Kier alpha value is -1.20. The summed E-state index contributed by atoms with van der Waals surface area (Å²) in [7, 11) is 0. The molecule has 5 heteroatoms. The van der Waals surface area contributed by atoms with Gasteiger partial charge in [-0.25, -0.2) is 0 Å². The molecule has 0 aliphatic heterocycles. The highest BCUT2D eigenvalue weighted by molar-refractivity contribution is 9.11. The number of amides is 1. The molecule has 3 nitrogen and oxygen atoms in total. The van der Waals surface area contributed by atoms with E-state index in [1.54, 1.807) is 6.20 Å². The Morgan fingerprint density at radius 2 is 2.33 bits per heavy atom. The van der Waals surface area contributed by atoms with Crippen molar-refractivity contribution in [1.82, 2.24) is 10.3 Å². The number of rotatable bonds is 4. The fourth-order valence-corrected chi connectivity index (χ4v) is 2.96. The summed E-state index contributed by atoms with van der Waals surface area (Å²) < 4.78 is 1.01. The van der Waals surface area contributed by atoms with Gasteiger partial charge in [-0.05, 0) is 46.6 Å². The van der Waals surface area contributed by atoms with Crippen LogP contribution in [0.2, 0.25) is 0 Å². The maximum atomic E-state index is 11.9. The predicted octanol–water partition coefficient (Wildman–Crippen LogP) is 3.19. The zero-order chi connectivity index (χ0) is 13.0. The number of carbonyl (C=O) groups is 1. The SMILES string of the molecule is Cc1cc(C(=O)NCCc2ccccn2)sc1Br. The van der Waals surface area contributed by atoms with Gasteiger partial charge in [-0.2, -0.15) is 0 Å². The Labute approximate surface area is 118 Å². The van der Waals surface area contributed by atoms with Gasteiger partial charge in [0.25, 0.3) is 5.91 Å². The summed E-state index contributed by atoms with van der Waals surface area (Å²) in [5, 5.41) is 2.90. The van der Waals surface area contributed by atoms with E-state index in [2.05, 4.69) is 26.2 Å². The molecule has 0 aliphatic rings. The van der Waals surface area contributed by atoms with Gasteiger partial charge in [0, 0.05) is 24.9 Å². The van der Waals surface area contributed by atoms with E-state index in [4.69, 9.17) is 0 Å². The van der Waals surface area contributed by atoms with Crippen LogP contribution in [0.4, 0.5) is 0 Å². The number of hydrogen-bond acceptors (Lipinski definition) is 3. The van der Waals surface area contributed by atoms with Crippen molar-refractivity contribution in [3.05, 3.63) is 50.4 Å². The summed E-state index contributed by atoms with van der Waals surface area (Å²) in [4.78, 5) is 16.8. The molecule has 2 heterocycles. The Morgan fingerprint density at radius 3 is 2.94 bits per heavy atom. The molecule has 18 heavy (non-hydrogen) atoms. The van der Waals surface area contributed by atoms with Crippen molar-refractivity contribution in [1.29, 1.82) is 0 Å². The van der Waals surface area contributed by atoms with Crippen LogP contribution in [0.15, 0.2) is 34.2 Å². The van der Waals surface area contributed by atoms with Gasteiger partial charge in [0.05, 0.1) is 8.66 Å². The second kappa shape index (κ2) is 6.11. The average Bonchev–Trinajstić information content (AvgIpc) is 2.71. The van der Waals surface area contributed by atoms with Gasteiger partial charge in [-0.1, -0.05) is 6.07 Å². The normalized spacial score (nSPS) is 10.3. The molecule has 94 valence electrons. The third kappa shape index (κ3) is 3.40. The lowest BCUT2D eigenvalue weighted by Gasteiger charge is -2.02. The van der Waals surface area contributed by atoms with Crippen LogP contribution in [-0.4, -0.2) is 17.4 Å². The number of aryl methyl sites for hydroxylation is 1. The highest BCUT2D eigenvalue weighted by Gasteiger charge is 2.10. The maximum absolute atomic E-state index is 11.9. The number of nitrogens with zero attached hydrogens (tertiary/aromatic N) is 1. The minimum absolute atomic E-state index is 0.0234. The van der Waals surface area contributed by atoms with E-state index in [9.17, 15) is 4.79 Å². The zero-order valence-corrected chi connectivity index (χ0v) is 12.3. The Bertz CT molecular complexity index is 520. The predicted molar refractivity (Wildman–Crippen MR) is 77.0 cm³/mol. The van der Waals surface area contributed by atoms with Crippen molar-refractivity contribution in [3.8, 4) is 0 Å². The average molecular weight is 325 g/mol. The molecule has 0 atom stereocenters. The Morgan fingerprint density at radius 1 is 1.50 bits per heavy atom. The monoisotopic (exact) mass is 324 g/mol. The summed E-state index contributed by atoms with van der Waals surface area (Å²) in [6, 6.07) is 7.68. The van der Waals surface area contributed by atoms with Gasteiger partial charge < -0.3 is 5.32 Å². The van der Waals surface area contributed by atoms with E-state index in [0.29, 0.717) is 6.54 Å². The standard InChI is InChI=1S/C13H13BrN2OS/c1-9-8-11(18-12(9)14)13(17)16-7-5-10-4-2-3-6-15-10/h2-4,6,8H,5,7H2,1H3,(H,16,17). The summed E-state index contributed by atoms with van der Waals surface area (Å²) in [6.45, 7) is 2.58. The lowest BCUT2D eigenvalue weighted by Crippen LogP contribution is -2.25. The van der Waals surface area contributed by atoms with Crippen LogP contribution in [-0.2, 0) is 6.42 Å². The van der Waals surface area contributed by atoms with Gasteiger partial charge in [0.1, 0.15) is 0 Å². The number of pyridine rings is 1. The van der Waals surface area contributed by atoms with E-state index in [1.165, 1.54) is 11.3 Å². The molecule has 0 aliphatic carbocycles. The first-order valence-corrected chi connectivity index (χ1v) is 7.22. The van der Waals surface area contributed by atoms with Crippen molar-refractivity contribution >= 4 is 33.2 Å². The Balaban J connectivity index is 1.85. The summed E-state index contributed by atoms with van der Waals surface area (Å²) in [5.74, 6) is -0.0234. The van der Waals surface area contributed by atoms with Crippen molar-refractivity contribution in [2.24, 2.45) is 0 Å². The number of hydrogen-bond donors (Lipinski definition) is 1. The maximum Gasteiger partial charge on any atom is 0.261 e. The topological polar surface area (TPSA) is 42.0 Å². The summed E-state index contributed by atoms with van der Waals surface area (Å²) >= 11 is 4.88. The Kier molecular flexibility index (Phi) is 4.49. The van der Waals surface area contributed by atoms with Crippen LogP contribution in [0.5, 0.6) is 0 Å². The van der Waals surface area contributed by atoms with Crippen molar-refractivity contribution in [2.45, 2.75) is 13.3 Å². The van der Waals surface area contributed by atoms with Crippen molar-refractivity contribution in [3.63, 3.8) is 0 Å². The first-order valence-electron chi connectivity index (χ1n) is 5.61. The van der Waals surface area contributed by atoms with Crippen LogP contribution in [0, 0.1) is 6.92 Å². The molecule has 1 amide bonds. The van der Waals surface area contributed by atoms with Gasteiger partial charge in [-0.3, -0.25) is 9.78 Å². The molecule has 0 radical (unpaired) electrons. The lowest BCUT2D eigenvalue weighted by molar-refractivity contribution is 0.0958. The lowest BCUT2D eigenvalue weighted by atomic mass is 10.2. The van der Waals surface area contributed by atoms with Crippen LogP contribution in [0.25, 0.3) is 0 Å². The van der Waals surface area contributed by atoms with Gasteiger partial charge in [-0.15, -0.1) is 11.3 Å². The molecule has 2 aromatic heterocycles. The van der Waals surface area contributed by atoms with Crippen LogP contribution in [0.3, 0.4) is 0 Å². The van der Waals surface area contributed by atoms with Crippen LogP contribution in [0.1, 0.15) is 20.9 Å². The molecule has 0 spiro atoms. The summed E-state index contributed by atoms with van der Waals surface area (Å²) in [6.07, 6.45) is 2.51. The van der Waals surface area contributed by atoms with Gasteiger partial charge in [0.2, 0.25) is 0 Å². The quantitative estimate of drug-likeness (QED) is 0.938. The number of thiophene rings is 1. The molecule has 0 aromatic carbocycles. The minimum Gasteiger partial charge on any atom is -0.351 e. The molecule has 0 saturated heterocycles. The molecule has 0 fully saturated rings. The molecule has 2 rings (SSSR count). The second-order valence-corrected chi connectivity index (χ2v) is 6.26. The first-order chi connectivity index (χ1) is 8.66. The number of aromatic nitrogens is 1. The second-order valence-electron chi connectivity index (χ2n) is 3.89. The molecule has 0 bridgehead atoms. The van der Waals surface area contributed by atoms with E-state index in [1.807, 2.05) is 31.2 Å². The van der Waals surface area contributed by atoms with Crippen molar-refractivity contribution in [2.75, 3.05) is 6.54 Å². The van der Waals surface area contributed by atoms with Crippen molar-refractivity contribution < 1.29 is 4.79 Å². The molecule has 0 unspecified atom stereocenters. The highest BCUT2D eigenvalue weighted by atomic mass is 79.9. The molecular weight excluding hydrogens is 312 g/mol. The van der Waals surface area contributed by atoms with E-state index >= 15 is 0 Å². The van der Waals surface area contributed by atoms with Crippen LogP contribution < -0.4 is 5.32 Å². The molecular formula is C13H13BrN2OS. The van der Waals surface area contributed by atoms with Gasteiger partial charge in [0.15, 0.2) is 0 Å². The van der Waals surface area contributed by atoms with Gasteiger partial charge >= 0.3 is 0 Å². The number of carbonyl (C=O) groups excluding carboxylic acids is 1. The molecule has 0 saturated carbocycles. The third-order valence-electron chi connectivity index (χ3n) is 2.47. The number of halogens is 1. The molecule has 1 N–H and O–H groups in total. The fourth-order valence-electron chi connectivity index (χ4n) is 1.51. The molecule has 2 aromatic rings. The summed E-state index contributed by atoms with van der Waals surface area (Å²) in [5.41, 5.74) is 2.08. The highest BCUT2D eigenvalue weighted by Crippen LogP contribution is 2.27. The van der Waals surface area contributed by atoms with E-state index < -0.39 is 0 Å².